The lowest BCUT2D eigenvalue weighted by molar-refractivity contribution is 0.305. The highest BCUT2D eigenvalue weighted by Crippen LogP contribution is 2.20. The van der Waals surface area contributed by atoms with Gasteiger partial charge < -0.3 is 4.74 Å². The van der Waals surface area contributed by atoms with Crippen LogP contribution >= 0.6 is 11.3 Å². The fraction of sp³-hybridized carbons (Fsp3) is 0.357. The van der Waals surface area contributed by atoms with Gasteiger partial charge in [-0.2, -0.15) is 0 Å². The number of ether oxygens (including phenoxy) is 1. The largest absolute Gasteiger partial charge is 0.486 e. The molecule has 0 aliphatic heterocycles. The number of hydrogen-bond acceptors (Lipinski definition) is 3. The van der Waals surface area contributed by atoms with E-state index in [1.807, 2.05) is 6.92 Å². The monoisotopic (exact) mass is 247 g/mol. The van der Waals surface area contributed by atoms with Crippen molar-refractivity contribution in [3.8, 4) is 5.75 Å². The van der Waals surface area contributed by atoms with Crippen molar-refractivity contribution in [3.63, 3.8) is 0 Å². The second-order valence-electron chi connectivity index (χ2n) is 4.36. The Morgan fingerprint density at radius 2 is 1.71 bits per heavy atom. The highest BCUT2D eigenvalue weighted by molar-refractivity contribution is 7.11. The van der Waals surface area contributed by atoms with Gasteiger partial charge in [-0.3, -0.25) is 0 Å². The zero-order chi connectivity index (χ0) is 12.4. The zero-order valence-electron chi connectivity index (χ0n) is 10.7. The van der Waals surface area contributed by atoms with Gasteiger partial charge in [0.05, 0.1) is 5.69 Å². The van der Waals surface area contributed by atoms with Crippen LogP contribution in [0.5, 0.6) is 5.75 Å². The molecule has 0 N–H and O–H groups in total. The highest BCUT2D eigenvalue weighted by atomic mass is 32.1. The van der Waals surface area contributed by atoms with Gasteiger partial charge in [-0.25, -0.2) is 4.98 Å². The number of hydrogen-bond donors (Lipinski definition) is 0. The average molecular weight is 247 g/mol. The van der Waals surface area contributed by atoms with Gasteiger partial charge in [-0.1, -0.05) is 6.07 Å². The number of rotatable bonds is 3. The van der Waals surface area contributed by atoms with Crippen molar-refractivity contribution in [2.45, 2.75) is 34.3 Å². The molecule has 0 radical (unpaired) electrons. The second kappa shape index (κ2) is 4.88. The van der Waals surface area contributed by atoms with E-state index in [2.05, 4.69) is 44.0 Å². The molecular formula is C14H17NOS. The first-order valence-corrected chi connectivity index (χ1v) is 6.50. The van der Waals surface area contributed by atoms with Gasteiger partial charge in [0.1, 0.15) is 17.4 Å². The van der Waals surface area contributed by atoms with Gasteiger partial charge in [-0.05, 0) is 51.0 Å². The van der Waals surface area contributed by atoms with Crippen molar-refractivity contribution in [3.05, 3.63) is 44.9 Å². The van der Waals surface area contributed by atoms with E-state index >= 15 is 0 Å². The van der Waals surface area contributed by atoms with Gasteiger partial charge in [0.2, 0.25) is 0 Å². The molecule has 0 saturated carbocycles. The summed E-state index contributed by atoms with van der Waals surface area (Å²) in [7, 11) is 0. The Balaban J connectivity index is 2.07. The van der Waals surface area contributed by atoms with Crippen LogP contribution in [0.25, 0.3) is 0 Å². The first kappa shape index (κ1) is 12.1. The van der Waals surface area contributed by atoms with Gasteiger partial charge in [-0.15, -0.1) is 11.3 Å². The molecule has 0 aliphatic carbocycles. The summed E-state index contributed by atoms with van der Waals surface area (Å²) in [6.45, 7) is 8.84. The first-order chi connectivity index (χ1) is 8.04. The zero-order valence-corrected chi connectivity index (χ0v) is 11.5. The summed E-state index contributed by atoms with van der Waals surface area (Å²) in [5, 5.41) is 1.04. The molecule has 0 aliphatic rings. The van der Waals surface area contributed by atoms with Gasteiger partial charge in [0, 0.05) is 4.88 Å². The Morgan fingerprint density at radius 3 is 2.24 bits per heavy atom. The Labute approximate surface area is 106 Å². The molecule has 3 heteroatoms. The number of aromatic nitrogens is 1. The maximum atomic E-state index is 5.77. The van der Waals surface area contributed by atoms with E-state index in [-0.39, 0.29) is 0 Å². The summed E-state index contributed by atoms with van der Waals surface area (Å²) in [4.78, 5) is 5.73. The molecule has 90 valence electrons. The quantitative estimate of drug-likeness (QED) is 0.819. The summed E-state index contributed by atoms with van der Waals surface area (Å²) in [5.74, 6) is 0.924. The molecule has 17 heavy (non-hydrogen) atoms. The Bertz CT molecular complexity index is 491. The Kier molecular flexibility index (Phi) is 3.48. The molecule has 2 aromatic rings. The van der Waals surface area contributed by atoms with Crippen molar-refractivity contribution in [1.82, 2.24) is 4.98 Å². The lowest BCUT2D eigenvalue weighted by Crippen LogP contribution is -1.95. The molecular weight excluding hydrogens is 230 g/mol. The average Bonchev–Trinajstić information content (AvgIpc) is 2.54. The van der Waals surface area contributed by atoms with Crippen molar-refractivity contribution in [1.29, 1.82) is 0 Å². The Morgan fingerprint density at radius 1 is 1.06 bits per heavy atom. The van der Waals surface area contributed by atoms with Gasteiger partial charge in [0.25, 0.3) is 0 Å². The number of thiazole rings is 1. The predicted octanol–water partition coefficient (Wildman–Crippen LogP) is 3.96. The highest BCUT2D eigenvalue weighted by Gasteiger charge is 2.04. The van der Waals surface area contributed by atoms with Crippen molar-refractivity contribution >= 4 is 11.3 Å². The van der Waals surface area contributed by atoms with Crippen LogP contribution in [0.1, 0.15) is 26.7 Å². The van der Waals surface area contributed by atoms with Gasteiger partial charge in [0.15, 0.2) is 0 Å². The fourth-order valence-electron chi connectivity index (χ4n) is 1.76. The standard InChI is InChI=1S/C14H17NOS/c1-9-5-10(2)7-13(6-9)16-8-14-15-11(3)12(4)17-14/h5-7H,8H2,1-4H3. The molecule has 1 aromatic carbocycles. The summed E-state index contributed by atoms with van der Waals surface area (Å²) in [5.41, 5.74) is 3.56. The minimum atomic E-state index is 0.558. The summed E-state index contributed by atoms with van der Waals surface area (Å²) in [6.07, 6.45) is 0. The maximum absolute atomic E-state index is 5.77. The van der Waals surface area contributed by atoms with Crippen LogP contribution < -0.4 is 4.74 Å². The summed E-state index contributed by atoms with van der Waals surface area (Å²) >= 11 is 1.71. The minimum Gasteiger partial charge on any atom is -0.486 e. The number of benzene rings is 1. The normalized spacial score (nSPS) is 10.6. The molecule has 0 atom stereocenters. The molecule has 0 amide bonds. The topological polar surface area (TPSA) is 22.1 Å². The third-order valence-corrected chi connectivity index (χ3v) is 3.68. The SMILES string of the molecule is Cc1cc(C)cc(OCc2nc(C)c(C)s2)c1. The van der Waals surface area contributed by atoms with E-state index in [1.54, 1.807) is 11.3 Å². The van der Waals surface area contributed by atoms with Crippen molar-refractivity contribution in [2.75, 3.05) is 0 Å². The van der Waals surface area contributed by atoms with Crippen LogP contribution in [0.15, 0.2) is 18.2 Å². The maximum Gasteiger partial charge on any atom is 0.140 e. The van der Waals surface area contributed by atoms with Crippen LogP contribution in [0, 0.1) is 27.7 Å². The molecule has 0 spiro atoms. The van der Waals surface area contributed by atoms with E-state index < -0.39 is 0 Å². The van der Waals surface area contributed by atoms with Crippen LogP contribution in [0.3, 0.4) is 0 Å². The van der Waals surface area contributed by atoms with E-state index in [0.717, 1.165) is 16.5 Å². The van der Waals surface area contributed by atoms with Gasteiger partial charge >= 0.3 is 0 Å². The minimum absolute atomic E-state index is 0.558. The molecule has 0 unspecified atom stereocenters. The molecule has 0 fully saturated rings. The molecule has 0 saturated heterocycles. The van der Waals surface area contributed by atoms with E-state index in [1.165, 1.54) is 16.0 Å². The second-order valence-corrected chi connectivity index (χ2v) is 5.65. The molecule has 2 rings (SSSR count). The van der Waals surface area contributed by atoms with Crippen molar-refractivity contribution < 1.29 is 4.74 Å². The van der Waals surface area contributed by atoms with E-state index in [4.69, 9.17) is 4.74 Å². The Hall–Kier alpha value is -1.35. The lowest BCUT2D eigenvalue weighted by atomic mass is 10.1. The number of nitrogens with zero attached hydrogens (tertiary/aromatic N) is 1. The smallest absolute Gasteiger partial charge is 0.140 e. The molecule has 1 aromatic heterocycles. The predicted molar refractivity (Wildman–Crippen MR) is 71.8 cm³/mol. The number of aryl methyl sites for hydroxylation is 4. The third kappa shape index (κ3) is 3.07. The van der Waals surface area contributed by atoms with Crippen LogP contribution in [-0.4, -0.2) is 4.98 Å². The first-order valence-electron chi connectivity index (χ1n) is 5.68. The molecule has 0 bridgehead atoms. The van der Waals surface area contributed by atoms with E-state index in [0.29, 0.717) is 6.61 Å². The molecule has 2 nitrogen and oxygen atoms in total. The summed E-state index contributed by atoms with van der Waals surface area (Å²) < 4.78 is 5.77. The van der Waals surface area contributed by atoms with Crippen molar-refractivity contribution in [2.24, 2.45) is 0 Å². The molecule has 1 heterocycles. The summed E-state index contributed by atoms with van der Waals surface area (Å²) in [6, 6.07) is 6.26. The van der Waals surface area contributed by atoms with Crippen LogP contribution in [0.2, 0.25) is 0 Å². The lowest BCUT2D eigenvalue weighted by Gasteiger charge is -2.06. The van der Waals surface area contributed by atoms with E-state index in [9.17, 15) is 0 Å². The van der Waals surface area contributed by atoms with Crippen LogP contribution in [-0.2, 0) is 6.61 Å². The fourth-order valence-corrected chi connectivity index (χ4v) is 2.61. The third-order valence-electron chi connectivity index (χ3n) is 2.63. The van der Waals surface area contributed by atoms with Crippen LogP contribution in [0.4, 0.5) is 0 Å².